The minimum absolute atomic E-state index is 0.0782. The molecule has 1 aromatic rings. The fourth-order valence-corrected chi connectivity index (χ4v) is 2.06. The van der Waals surface area contributed by atoms with Crippen LogP contribution in [-0.4, -0.2) is 12.8 Å². The molecule has 0 amide bonds. The average Bonchev–Trinajstić information content (AvgIpc) is 2.28. The molecule has 0 aliphatic carbocycles. The van der Waals surface area contributed by atoms with E-state index in [1.54, 1.807) is 11.8 Å². The Hall–Kier alpha value is -0.510. The van der Waals surface area contributed by atoms with Gasteiger partial charge in [0.25, 0.3) is 0 Å². The van der Waals surface area contributed by atoms with Gasteiger partial charge in [-0.2, -0.15) is 0 Å². The Labute approximate surface area is 103 Å². The molecule has 4 N–H and O–H groups in total. The zero-order valence-corrected chi connectivity index (χ0v) is 11.2. The van der Waals surface area contributed by atoms with Gasteiger partial charge in [-0.05, 0) is 42.3 Å². The molecule has 0 aliphatic heterocycles. The Morgan fingerprint density at radius 2 is 1.81 bits per heavy atom. The number of rotatable bonds is 5. The molecule has 0 heterocycles. The predicted octanol–water partition coefficient (Wildman–Crippen LogP) is 2.78. The maximum Gasteiger partial charge on any atom is 0.0300 e. The van der Waals surface area contributed by atoms with Crippen molar-refractivity contribution in [2.75, 3.05) is 12.8 Å². The lowest BCUT2D eigenvalue weighted by molar-refractivity contribution is 0.317. The second-order valence-electron chi connectivity index (χ2n) is 4.95. The maximum atomic E-state index is 6.19. The summed E-state index contributed by atoms with van der Waals surface area (Å²) < 4.78 is 0. The molecule has 0 aromatic heterocycles. The molecule has 1 atom stereocenters. The highest BCUT2D eigenvalue weighted by molar-refractivity contribution is 7.98. The molecule has 3 heteroatoms. The first kappa shape index (κ1) is 13.6. The van der Waals surface area contributed by atoms with Gasteiger partial charge in [-0.15, -0.1) is 11.8 Å². The van der Waals surface area contributed by atoms with Crippen molar-refractivity contribution in [3.05, 3.63) is 29.8 Å². The van der Waals surface area contributed by atoms with Gasteiger partial charge in [-0.3, -0.25) is 0 Å². The van der Waals surface area contributed by atoms with Gasteiger partial charge in [0.15, 0.2) is 0 Å². The smallest absolute Gasteiger partial charge is 0.0300 e. The van der Waals surface area contributed by atoms with Crippen LogP contribution in [0.15, 0.2) is 29.2 Å². The van der Waals surface area contributed by atoms with Crippen LogP contribution < -0.4 is 11.5 Å². The van der Waals surface area contributed by atoms with Crippen LogP contribution in [0.3, 0.4) is 0 Å². The maximum absolute atomic E-state index is 6.19. The van der Waals surface area contributed by atoms with Crippen molar-refractivity contribution in [1.82, 2.24) is 0 Å². The lowest BCUT2D eigenvalue weighted by atomic mass is 9.84. The van der Waals surface area contributed by atoms with Gasteiger partial charge < -0.3 is 11.5 Å². The van der Waals surface area contributed by atoms with E-state index >= 15 is 0 Å². The van der Waals surface area contributed by atoms with E-state index in [1.807, 2.05) is 0 Å². The van der Waals surface area contributed by atoms with Crippen LogP contribution in [0.25, 0.3) is 0 Å². The third-order valence-electron chi connectivity index (χ3n) is 2.87. The highest BCUT2D eigenvalue weighted by atomic mass is 32.2. The molecule has 0 spiro atoms. The third-order valence-corrected chi connectivity index (χ3v) is 3.61. The van der Waals surface area contributed by atoms with E-state index in [0.717, 1.165) is 6.42 Å². The Kier molecular flexibility index (Phi) is 4.84. The molecule has 16 heavy (non-hydrogen) atoms. The lowest BCUT2D eigenvalue weighted by Gasteiger charge is -2.26. The fourth-order valence-electron chi connectivity index (χ4n) is 1.65. The van der Waals surface area contributed by atoms with Gasteiger partial charge in [0.2, 0.25) is 0 Å². The molecule has 1 unspecified atom stereocenters. The fraction of sp³-hybridized carbons (Fsp3) is 0.538. The van der Waals surface area contributed by atoms with Crippen molar-refractivity contribution in [3.63, 3.8) is 0 Å². The zero-order valence-electron chi connectivity index (χ0n) is 10.4. The number of nitrogens with two attached hydrogens (primary N) is 2. The Morgan fingerprint density at radius 3 is 2.25 bits per heavy atom. The van der Waals surface area contributed by atoms with E-state index in [1.165, 1.54) is 10.5 Å². The summed E-state index contributed by atoms with van der Waals surface area (Å²) in [7, 11) is 0. The number of hydrogen-bond acceptors (Lipinski definition) is 3. The molecule has 2 nitrogen and oxygen atoms in total. The van der Waals surface area contributed by atoms with Crippen LogP contribution >= 0.6 is 11.8 Å². The number of hydrogen-bond donors (Lipinski definition) is 2. The summed E-state index contributed by atoms with van der Waals surface area (Å²) in [4.78, 5) is 1.27. The number of thioether (sulfide) groups is 1. The van der Waals surface area contributed by atoms with Gasteiger partial charge >= 0.3 is 0 Å². The van der Waals surface area contributed by atoms with E-state index in [9.17, 15) is 0 Å². The first-order chi connectivity index (χ1) is 7.48. The lowest BCUT2D eigenvalue weighted by Crippen LogP contribution is -2.28. The minimum Gasteiger partial charge on any atom is -0.330 e. The summed E-state index contributed by atoms with van der Waals surface area (Å²) in [6.45, 7) is 4.98. The normalized spacial score (nSPS) is 13.8. The van der Waals surface area contributed by atoms with Gasteiger partial charge in [-0.25, -0.2) is 0 Å². The first-order valence-corrected chi connectivity index (χ1v) is 6.80. The second-order valence-corrected chi connectivity index (χ2v) is 5.83. The zero-order chi connectivity index (χ0) is 12.2. The van der Waals surface area contributed by atoms with E-state index in [2.05, 4.69) is 44.4 Å². The van der Waals surface area contributed by atoms with Crippen LogP contribution in [-0.2, 0) is 0 Å². The van der Waals surface area contributed by atoms with Gasteiger partial charge in [-0.1, -0.05) is 26.0 Å². The van der Waals surface area contributed by atoms with E-state index in [-0.39, 0.29) is 11.5 Å². The highest BCUT2D eigenvalue weighted by Crippen LogP contribution is 2.28. The molecule has 0 radical (unpaired) electrons. The molecule has 0 bridgehead atoms. The van der Waals surface area contributed by atoms with Crippen molar-refractivity contribution in [2.45, 2.75) is 31.2 Å². The summed E-state index contributed by atoms with van der Waals surface area (Å²) in [5.74, 6) is 0. The van der Waals surface area contributed by atoms with Crippen molar-refractivity contribution in [3.8, 4) is 0 Å². The third kappa shape index (κ3) is 3.81. The summed E-state index contributed by atoms with van der Waals surface area (Å²) >= 11 is 1.75. The van der Waals surface area contributed by atoms with Crippen molar-refractivity contribution in [2.24, 2.45) is 16.9 Å². The molecule has 0 saturated carbocycles. The van der Waals surface area contributed by atoms with E-state index < -0.39 is 0 Å². The van der Waals surface area contributed by atoms with E-state index in [0.29, 0.717) is 6.54 Å². The Balaban J connectivity index is 2.69. The summed E-state index contributed by atoms with van der Waals surface area (Å²) in [6, 6.07) is 8.55. The molecule has 0 aliphatic rings. The second kappa shape index (κ2) is 5.71. The van der Waals surface area contributed by atoms with Crippen molar-refractivity contribution < 1.29 is 0 Å². The minimum atomic E-state index is 0.0782. The van der Waals surface area contributed by atoms with Gasteiger partial charge in [0, 0.05) is 10.9 Å². The van der Waals surface area contributed by atoms with Gasteiger partial charge in [0.05, 0.1) is 0 Å². The van der Waals surface area contributed by atoms with Gasteiger partial charge in [0.1, 0.15) is 0 Å². The molecule has 0 fully saturated rings. The van der Waals surface area contributed by atoms with Crippen LogP contribution in [0, 0.1) is 5.41 Å². The quantitative estimate of drug-likeness (QED) is 0.776. The summed E-state index contributed by atoms with van der Waals surface area (Å²) in [6.07, 6.45) is 2.99. The standard InChI is InChI=1S/C13H22N2S/c1-13(2,9-14)8-12(15)10-4-6-11(16-3)7-5-10/h4-7,12H,8-9,14-15H2,1-3H3. The molecular weight excluding hydrogens is 216 g/mol. The highest BCUT2D eigenvalue weighted by Gasteiger charge is 2.20. The van der Waals surface area contributed by atoms with E-state index in [4.69, 9.17) is 11.5 Å². The Bertz CT molecular complexity index is 319. The molecule has 90 valence electrons. The van der Waals surface area contributed by atoms with Crippen LogP contribution in [0.2, 0.25) is 0 Å². The van der Waals surface area contributed by atoms with Crippen LogP contribution in [0.5, 0.6) is 0 Å². The Morgan fingerprint density at radius 1 is 1.25 bits per heavy atom. The van der Waals surface area contributed by atoms with Crippen molar-refractivity contribution >= 4 is 11.8 Å². The first-order valence-electron chi connectivity index (χ1n) is 5.58. The molecule has 1 aromatic carbocycles. The SMILES string of the molecule is CSc1ccc(C(N)CC(C)(C)CN)cc1. The average molecular weight is 238 g/mol. The van der Waals surface area contributed by atoms with Crippen molar-refractivity contribution in [1.29, 1.82) is 0 Å². The van der Waals surface area contributed by atoms with Crippen LogP contribution in [0.1, 0.15) is 31.9 Å². The number of benzene rings is 1. The molecular formula is C13H22N2S. The largest absolute Gasteiger partial charge is 0.330 e. The predicted molar refractivity (Wildman–Crippen MR) is 72.6 cm³/mol. The van der Waals surface area contributed by atoms with Crippen LogP contribution in [0.4, 0.5) is 0 Å². The molecule has 0 saturated heterocycles. The summed E-state index contributed by atoms with van der Waals surface area (Å²) in [5.41, 5.74) is 13.2. The molecule has 1 rings (SSSR count). The summed E-state index contributed by atoms with van der Waals surface area (Å²) in [5, 5.41) is 0. The topological polar surface area (TPSA) is 52.0 Å². The monoisotopic (exact) mass is 238 g/mol.